The van der Waals surface area contributed by atoms with Crippen molar-refractivity contribution in [2.45, 2.75) is 32.2 Å². The fraction of sp³-hybridized carbons (Fsp3) is 0.556. The van der Waals surface area contributed by atoms with Crippen molar-refractivity contribution in [3.63, 3.8) is 0 Å². The molecule has 6 heteroatoms. The molecule has 128 valence electrons. The van der Waals surface area contributed by atoms with Crippen molar-refractivity contribution in [1.82, 2.24) is 19.8 Å². The van der Waals surface area contributed by atoms with Gasteiger partial charge in [0.2, 0.25) is 0 Å². The van der Waals surface area contributed by atoms with Gasteiger partial charge in [-0.3, -0.25) is 4.79 Å². The van der Waals surface area contributed by atoms with Gasteiger partial charge in [-0.1, -0.05) is 0 Å². The number of amides is 1. The second-order valence-corrected chi connectivity index (χ2v) is 7.04. The lowest BCUT2D eigenvalue weighted by molar-refractivity contribution is 0.0468. The van der Waals surface area contributed by atoms with Gasteiger partial charge in [0.25, 0.3) is 5.91 Å². The highest BCUT2D eigenvalue weighted by Crippen LogP contribution is 2.39. The third kappa shape index (κ3) is 3.11. The Morgan fingerprint density at radius 1 is 1.21 bits per heavy atom. The van der Waals surface area contributed by atoms with Crippen LogP contribution in [0.5, 0.6) is 0 Å². The molecule has 2 aromatic heterocycles. The van der Waals surface area contributed by atoms with Gasteiger partial charge in [-0.05, 0) is 56.3 Å². The summed E-state index contributed by atoms with van der Waals surface area (Å²) >= 11 is 0. The van der Waals surface area contributed by atoms with Gasteiger partial charge in [0, 0.05) is 25.5 Å². The lowest BCUT2D eigenvalue weighted by atomic mass is 9.71. The predicted molar refractivity (Wildman–Crippen MR) is 89.7 cm³/mol. The van der Waals surface area contributed by atoms with Crippen LogP contribution in [0.3, 0.4) is 0 Å². The van der Waals surface area contributed by atoms with Gasteiger partial charge < -0.3 is 19.2 Å². The number of furan rings is 1. The van der Waals surface area contributed by atoms with E-state index in [1.54, 1.807) is 18.6 Å². The number of rotatable bonds is 3. The van der Waals surface area contributed by atoms with Crippen LogP contribution in [0.25, 0.3) is 0 Å². The van der Waals surface area contributed by atoms with Gasteiger partial charge in [-0.15, -0.1) is 0 Å². The van der Waals surface area contributed by atoms with Crippen LogP contribution < -0.4 is 5.32 Å². The Labute approximate surface area is 141 Å². The summed E-state index contributed by atoms with van der Waals surface area (Å²) in [5.74, 6) is 1.25. The summed E-state index contributed by atoms with van der Waals surface area (Å²) in [5, 5.41) is 3.43. The van der Waals surface area contributed by atoms with Gasteiger partial charge in [0.1, 0.15) is 5.76 Å². The smallest absolute Gasteiger partial charge is 0.289 e. The van der Waals surface area contributed by atoms with Gasteiger partial charge in [0.05, 0.1) is 12.9 Å². The molecule has 2 aliphatic rings. The SMILES string of the molecule is O=C(c1ccc(Cn2ccnc2)o1)N1CCC2(CCNCC2)CC1. The zero-order valence-electron chi connectivity index (χ0n) is 13.9. The van der Waals surface area contributed by atoms with E-state index in [1.807, 2.05) is 21.7 Å². The van der Waals surface area contributed by atoms with Gasteiger partial charge >= 0.3 is 0 Å². The summed E-state index contributed by atoms with van der Waals surface area (Å²) in [5.41, 5.74) is 0.456. The van der Waals surface area contributed by atoms with Crippen LogP contribution in [0.2, 0.25) is 0 Å². The van der Waals surface area contributed by atoms with Crippen LogP contribution in [0.15, 0.2) is 35.3 Å². The molecule has 4 heterocycles. The predicted octanol–water partition coefficient (Wildman–Crippen LogP) is 2.13. The van der Waals surface area contributed by atoms with Crippen molar-refractivity contribution in [3.05, 3.63) is 42.4 Å². The maximum Gasteiger partial charge on any atom is 0.289 e. The van der Waals surface area contributed by atoms with Crippen molar-refractivity contribution in [2.75, 3.05) is 26.2 Å². The summed E-state index contributed by atoms with van der Waals surface area (Å²) in [7, 11) is 0. The Bertz CT molecular complexity index is 676. The molecule has 0 unspecified atom stereocenters. The summed E-state index contributed by atoms with van der Waals surface area (Å²) in [6, 6.07) is 3.68. The molecule has 2 saturated heterocycles. The molecular formula is C18H24N4O2. The van der Waals surface area contributed by atoms with Crippen LogP contribution in [-0.2, 0) is 6.54 Å². The third-order valence-electron chi connectivity index (χ3n) is 5.55. The molecule has 24 heavy (non-hydrogen) atoms. The first-order valence-corrected chi connectivity index (χ1v) is 8.79. The zero-order chi connectivity index (χ0) is 16.4. The van der Waals surface area contributed by atoms with E-state index in [-0.39, 0.29) is 5.91 Å². The highest BCUT2D eigenvalue weighted by molar-refractivity contribution is 5.91. The molecule has 1 spiro atoms. The second-order valence-electron chi connectivity index (χ2n) is 7.04. The van der Waals surface area contributed by atoms with E-state index in [0.29, 0.717) is 17.7 Å². The summed E-state index contributed by atoms with van der Waals surface area (Å²) in [6.45, 7) is 4.52. The fourth-order valence-corrected chi connectivity index (χ4v) is 3.94. The van der Waals surface area contributed by atoms with Crippen molar-refractivity contribution in [3.8, 4) is 0 Å². The monoisotopic (exact) mass is 328 g/mol. The Morgan fingerprint density at radius 2 is 2.00 bits per heavy atom. The Hall–Kier alpha value is -2.08. The molecule has 0 bridgehead atoms. The number of aromatic nitrogens is 2. The second kappa shape index (κ2) is 6.43. The first-order valence-electron chi connectivity index (χ1n) is 8.79. The molecule has 6 nitrogen and oxygen atoms in total. The maximum atomic E-state index is 12.7. The van der Waals surface area contributed by atoms with Crippen molar-refractivity contribution in [1.29, 1.82) is 0 Å². The van der Waals surface area contributed by atoms with Crippen molar-refractivity contribution in [2.24, 2.45) is 5.41 Å². The van der Waals surface area contributed by atoms with Crippen LogP contribution >= 0.6 is 0 Å². The molecule has 0 saturated carbocycles. The summed E-state index contributed by atoms with van der Waals surface area (Å²) in [4.78, 5) is 18.7. The standard InChI is InChI=1S/C18H24N4O2/c23-17(16-2-1-15(24-16)13-21-12-9-20-14-21)22-10-5-18(6-11-22)3-7-19-8-4-18/h1-2,9,12,14,19H,3-8,10-11,13H2. The zero-order valence-corrected chi connectivity index (χ0v) is 13.9. The average Bonchev–Trinajstić information content (AvgIpc) is 3.28. The highest BCUT2D eigenvalue weighted by Gasteiger charge is 2.37. The minimum Gasteiger partial charge on any atom is -0.454 e. The molecule has 0 radical (unpaired) electrons. The van der Waals surface area contributed by atoms with Gasteiger partial charge in [-0.25, -0.2) is 4.98 Å². The number of likely N-dealkylation sites (tertiary alicyclic amines) is 1. The number of hydrogen-bond acceptors (Lipinski definition) is 4. The average molecular weight is 328 g/mol. The van der Waals surface area contributed by atoms with Crippen LogP contribution in [0.1, 0.15) is 42.0 Å². The maximum absolute atomic E-state index is 12.7. The fourth-order valence-electron chi connectivity index (χ4n) is 3.94. The first kappa shape index (κ1) is 15.4. The van der Waals surface area contributed by atoms with E-state index in [9.17, 15) is 4.79 Å². The number of piperidine rings is 2. The largest absolute Gasteiger partial charge is 0.454 e. The number of carbonyl (C=O) groups excluding carboxylic acids is 1. The molecule has 4 rings (SSSR count). The van der Waals surface area contributed by atoms with E-state index >= 15 is 0 Å². The first-order chi connectivity index (χ1) is 11.7. The molecule has 1 N–H and O–H groups in total. The molecule has 2 aliphatic heterocycles. The van der Waals surface area contributed by atoms with Gasteiger partial charge in [0.15, 0.2) is 5.76 Å². The minimum atomic E-state index is 0.0238. The third-order valence-corrected chi connectivity index (χ3v) is 5.55. The number of imidazole rings is 1. The van der Waals surface area contributed by atoms with E-state index in [2.05, 4.69) is 10.3 Å². The van der Waals surface area contributed by atoms with E-state index in [0.717, 1.165) is 44.8 Å². The summed E-state index contributed by atoms with van der Waals surface area (Å²) < 4.78 is 7.68. The number of carbonyl (C=O) groups is 1. The lowest BCUT2D eigenvalue weighted by Gasteiger charge is -2.44. The van der Waals surface area contributed by atoms with E-state index in [4.69, 9.17) is 4.42 Å². The number of hydrogen-bond donors (Lipinski definition) is 1. The summed E-state index contributed by atoms with van der Waals surface area (Å²) in [6.07, 6.45) is 10.1. The molecule has 0 atom stereocenters. The quantitative estimate of drug-likeness (QED) is 0.937. The van der Waals surface area contributed by atoms with E-state index < -0.39 is 0 Å². The normalized spacial score (nSPS) is 20.4. The Balaban J connectivity index is 1.37. The van der Waals surface area contributed by atoms with Crippen LogP contribution in [0.4, 0.5) is 0 Å². The number of nitrogens with zero attached hydrogens (tertiary/aromatic N) is 3. The van der Waals surface area contributed by atoms with Gasteiger partial charge in [-0.2, -0.15) is 0 Å². The Morgan fingerprint density at radius 3 is 2.71 bits per heavy atom. The molecule has 0 aliphatic carbocycles. The molecule has 2 aromatic rings. The highest BCUT2D eigenvalue weighted by atomic mass is 16.4. The topological polar surface area (TPSA) is 63.3 Å². The van der Waals surface area contributed by atoms with Crippen LogP contribution in [-0.4, -0.2) is 46.5 Å². The molecule has 1 amide bonds. The van der Waals surface area contributed by atoms with Crippen molar-refractivity contribution >= 4 is 5.91 Å². The number of nitrogens with one attached hydrogen (secondary N) is 1. The lowest BCUT2D eigenvalue weighted by Crippen LogP contribution is -2.47. The van der Waals surface area contributed by atoms with Crippen LogP contribution in [0, 0.1) is 5.41 Å². The minimum absolute atomic E-state index is 0.0238. The van der Waals surface area contributed by atoms with Crippen molar-refractivity contribution < 1.29 is 9.21 Å². The Kier molecular flexibility index (Phi) is 4.14. The molecule has 0 aromatic carbocycles. The van der Waals surface area contributed by atoms with E-state index in [1.165, 1.54) is 12.8 Å². The molecule has 2 fully saturated rings. The molecular weight excluding hydrogens is 304 g/mol.